The van der Waals surface area contributed by atoms with E-state index in [4.69, 9.17) is 10.4 Å². The number of likely N-dealkylation sites (N-methyl/N-ethyl adjacent to an activating group) is 1. The standard InChI is InChI=1S/C11H11FN2O2/c1-7(11(15)16)14(2)10-4-3-8(6-13)5-9(10)12/h3-5,7H,1-2H3,(H,15,16). The van der Waals surface area contributed by atoms with E-state index in [-0.39, 0.29) is 11.3 Å². The fourth-order valence-corrected chi connectivity index (χ4v) is 1.24. The molecule has 0 amide bonds. The van der Waals surface area contributed by atoms with E-state index in [2.05, 4.69) is 0 Å². The minimum atomic E-state index is -1.04. The number of carbonyl (C=O) groups is 1. The van der Waals surface area contributed by atoms with Crippen molar-refractivity contribution in [2.24, 2.45) is 0 Å². The highest BCUT2D eigenvalue weighted by Gasteiger charge is 2.19. The van der Waals surface area contributed by atoms with Gasteiger partial charge in [0.2, 0.25) is 0 Å². The summed E-state index contributed by atoms with van der Waals surface area (Å²) >= 11 is 0. The van der Waals surface area contributed by atoms with Gasteiger partial charge in [-0.2, -0.15) is 5.26 Å². The van der Waals surface area contributed by atoms with E-state index < -0.39 is 17.8 Å². The second-order valence-corrected chi connectivity index (χ2v) is 3.40. The molecule has 0 aliphatic rings. The SMILES string of the molecule is CC(C(=O)O)N(C)c1ccc(C#N)cc1F. The van der Waals surface area contributed by atoms with Crippen LogP contribution in [0.3, 0.4) is 0 Å². The number of nitrogens with zero attached hydrogens (tertiary/aromatic N) is 2. The molecule has 0 aliphatic heterocycles. The lowest BCUT2D eigenvalue weighted by molar-refractivity contribution is -0.138. The fraction of sp³-hybridized carbons (Fsp3) is 0.273. The number of carboxylic acid groups (broad SMARTS) is 1. The summed E-state index contributed by atoms with van der Waals surface area (Å²) in [5.74, 6) is -1.64. The Morgan fingerprint density at radius 1 is 1.62 bits per heavy atom. The number of hydrogen-bond donors (Lipinski definition) is 1. The number of carboxylic acids is 1. The first-order chi connectivity index (χ1) is 7.47. The van der Waals surface area contributed by atoms with E-state index in [1.165, 1.54) is 31.0 Å². The molecule has 5 heteroatoms. The number of nitriles is 1. The lowest BCUT2D eigenvalue weighted by atomic mass is 10.2. The number of hydrogen-bond acceptors (Lipinski definition) is 3. The van der Waals surface area contributed by atoms with E-state index in [0.717, 1.165) is 6.07 Å². The maximum absolute atomic E-state index is 13.5. The molecule has 0 radical (unpaired) electrons. The van der Waals surface area contributed by atoms with Gasteiger partial charge in [0.15, 0.2) is 0 Å². The largest absolute Gasteiger partial charge is 0.480 e. The smallest absolute Gasteiger partial charge is 0.326 e. The monoisotopic (exact) mass is 222 g/mol. The van der Waals surface area contributed by atoms with Crippen LogP contribution in [0.15, 0.2) is 18.2 Å². The van der Waals surface area contributed by atoms with Crippen molar-refractivity contribution < 1.29 is 14.3 Å². The van der Waals surface area contributed by atoms with Gasteiger partial charge < -0.3 is 10.0 Å². The van der Waals surface area contributed by atoms with Gasteiger partial charge in [-0.05, 0) is 25.1 Å². The topological polar surface area (TPSA) is 64.3 Å². The number of rotatable bonds is 3. The van der Waals surface area contributed by atoms with Crippen molar-refractivity contribution in [3.05, 3.63) is 29.6 Å². The zero-order valence-electron chi connectivity index (χ0n) is 8.94. The molecule has 4 nitrogen and oxygen atoms in total. The van der Waals surface area contributed by atoms with Gasteiger partial charge in [-0.3, -0.25) is 0 Å². The highest BCUT2D eigenvalue weighted by atomic mass is 19.1. The minimum Gasteiger partial charge on any atom is -0.480 e. The number of aliphatic carboxylic acids is 1. The first-order valence-corrected chi connectivity index (χ1v) is 4.62. The Labute approximate surface area is 92.5 Å². The summed E-state index contributed by atoms with van der Waals surface area (Å²) in [5, 5.41) is 17.4. The lowest BCUT2D eigenvalue weighted by Crippen LogP contribution is -2.36. The van der Waals surface area contributed by atoms with Gasteiger partial charge in [0.1, 0.15) is 11.9 Å². The van der Waals surface area contributed by atoms with Crippen LogP contribution in [0.4, 0.5) is 10.1 Å². The molecule has 0 heterocycles. The first-order valence-electron chi connectivity index (χ1n) is 4.62. The van der Waals surface area contributed by atoms with E-state index in [0.29, 0.717) is 0 Å². The molecule has 1 unspecified atom stereocenters. The Balaban J connectivity index is 3.06. The highest BCUT2D eigenvalue weighted by Crippen LogP contribution is 2.20. The molecule has 1 rings (SSSR count). The maximum Gasteiger partial charge on any atom is 0.326 e. The summed E-state index contributed by atoms with van der Waals surface area (Å²) in [5.41, 5.74) is 0.367. The molecule has 16 heavy (non-hydrogen) atoms. The van der Waals surface area contributed by atoms with Crippen LogP contribution in [0, 0.1) is 17.1 Å². The molecule has 0 bridgehead atoms. The second-order valence-electron chi connectivity index (χ2n) is 3.40. The quantitative estimate of drug-likeness (QED) is 0.843. The van der Waals surface area contributed by atoms with Crippen LogP contribution in [-0.2, 0) is 4.79 Å². The van der Waals surface area contributed by atoms with Crippen molar-refractivity contribution in [2.45, 2.75) is 13.0 Å². The summed E-state index contributed by atoms with van der Waals surface area (Å²) < 4.78 is 13.5. The van der Waals surface area contributed by atoms with Gasteiger partial charge in [0.25, 0.3) is 0 Å². The Bertz CT molecular complexity index is 454. The molecule has 0 fully saturated rings. The average Bonchev–Trinajstić information content (AvgIpc) is 2.26. The summed E-state index contributed by atoms with van der Waals surface area (Å²) in [7, 11) is 1.49. The van der Waals surface area contributed by atoms with Crippen molar-refractivity contribution >= 4 is 11.7 Å². The normalized spacial score (nSPS) is 11.6. The Kier molecular flexibility index (Phi) is 3.46. The first kappa shape index (κ1) is 12.0. The van der Waals surface area contributed by atoms with E-state index in [9.17, 15) is 9.18 Å². The van der Waals surface area contributed by atoms with Gasteiger partial charge in [-0.15, -0.1) is 0 Å². The van der Waals surface area contributed by atoms with Crippen LogP contribution in [-0.4, -0.2) is 24.2 Å². The number of benzene rings is 1. The van der Waals surface area contributed by atoms with Crippen LogP contribution >= 0.6 is 0 Å². The van der Waals surface area contributed by atoms with Gasteiger partial charge in [-0.1, -0.05) is 0 Å². The molecule has 1 aromatic rings. The summed E-state index contributed by atoms with van der Waals surface area (Å²) in [6.07, 6.45) is 0. The third kappa shape index (κ3) is 2.28. The molecule has 1 atom stereocenters. The predicted molar refractivity (Wildman–Crippen MR) is 56.6 cm³/mol. The van der Waals surface area contributed by atoms with Gasteiger partial charge in [0, 0.05) is 7.05 Å². The van der Waals surface area contributed by atoms with Gasteiger partial charge >= 0.3 is 5.97 Å². The average molecular weight is 222 g/mol. The number of halogens is 1. The zero-order valence-corrected chi connectivity index (χ0v) is 8.94. The van der Waals surface area contributed by atoms with Gasteiger partial charge in [0.05, 0.1) is 17.3 Å². The predicted octanol–water partition coefficient (Wildman–Crippen LogP) is 1.61. The highest BCUT2D eigenvalue weighted by molar-refractivity contribution is 5.77. The Morgan fingerprint density at radius 3 is 2.69 bits per heavy atom. The molecule has 0 saturated heterocycles. The van der Waals surface area contributed by atoms with Crippen molar-refractivity contribution in [1.29, 1.82) is 5.26 Å². The van der Waals surface area contributed by atoms with Crippen molar-refractivity contribution in [3.8, 4) is 6.07 Å². The summed E-state index contributed by atoms with van der Waals surface area (Å²) in [6, 6.07) is 4.91. The van der Waals surface area contributed by atoms with Crippen LogP contribution in [0.25, 0.3) is 0 Å². The maximum atomic E-state index is 13.5. The van der Waals surface area contributed by atoms with E-state index in [1.54, 1.807) is 0 Å². The molecule has 1 aromatic carbocycles. The molecule has 84 valence electrons. The van der Waals surface area contributed by atoms with E-state index in [1.807, 2.05) is 6.07 Å². The molecule has 1 N–H and O–H groups in total. The van der Waals surface area contributed by atoms with Crippen LogP contribution < -0.4 is 4.90 Å². The minimum absolute atomic E-state index is 0.161. The van der Waals surface area contributed by atoms with Gasteiger partial charge in [-0.25, -0.2) is 9.18 Å². The third-order valence-electron chi connectivity index (χ3n) is 2.40. The number of anilines is 1. The molecule has 0 spiro atoms. The third-order valence-corrected chi connectivity index (χ3v) is 2.40. The molecule has 0 saturated carbocycles. The second kappa shape index (κ2) is 4.62. The zero-order chi connectivity index (χ0) is 12.3. The van der Waals surface area contributed by atoms with Crippen LogP contribution in [0.5, 0.6) is 0 Å². The van der Waals surface area contributed by atoms with Crippen LogP contribution in [0.1, 0.15) is 12.5 Å². The van der Waals surface area contributed by atoms with E-state index >= 15 is 0 Å². The fourth-order valence-electron chi connectivity index (χ4n) is 1.24. The van der Waals surface area contributed by atoms with Crippen molar-refractivity contribution in [2.75, 3.05) is 11.9 Å². The van der Waals surface area contributed by atoms with Crippen molar-refractivity contribution in [1.82, 2.24) is 0 Å². The molecular weight excluding hydrogens is 211 g/mol. The molecule has 0 aromatic heterocycles. The Morgan fingerprint density at radius 2 is 2.25 bits per heavy atom. The van der Waals surface area contributed by atoms with Crippen molar-refractivity contribution in [3.63, 3.8) is 0 Å². The summed E-state index contributed by atoms with van der Waals surface area (Å²) in [6.45, 7) is 1.46. The summed E-state index contributed by atoms with van der Waals surface area (Å²) in [4.78, 5) is 12.0. The lowest BCUT2D eigenvalue weighted by Gasteiger charge is -2.24. The Hall–Kier alpha value is -2.09. The molecular formula is C11H11FN2O2. The molecule has 0 aliphatic carbocycles. The van der Waals surface area contributed by atoms with Crippen LogP contribution in [0.2, 0.25) is 0 Å².